The van der Waals surface area contributed by atoms with Crippen molar-refractivity contribution in [2.45, 2.75) is 40.3 Å². The molecule has 0 aliphatic carbocycles. The van der Waals surface area contributed by atoms with Crippen molar-refractivity contribution in [3.8, 4) is 0 Å². The van der Waals surface area contributed by atoms with E-state index < -0.39 is 5.41 Å². The Morgan fingerprint density at radius 2 is 1.21 bits per heavy atom. The average Bonchev–Trinajstić information content (AvgIpc) is 2.55. The standard InChI is InChI=1S/C21H25NO2/c1-21(2,3)19(23)14-20(24)22(15-17-10-6-4-7-11-17)16-18-12-8-5-9-13-18/h4-13H,14-16H2,1-3H3. The van der Waals surface area contributed by atoms with Gasteiger partial charge in [0.15, 0.2) is 0 Å². The quantitative estimate of drug-likeness (QED) is 0.746. The van der Waals surface area contributed by atoms with Crippen LogP contribution in [0.2, 0.25) is 0 Å². The van der Waals surface area contributed by atoms with E-state index in [1.54, 1.807) is 4.90 Å². The maximum absolute atomic E-state index is 12.7. The molecule has 3 nitrogen and oxygen atoms in total. The molecule has 0 fully saturated rings. The molecule has 3 heteroatoms. The summed E-state index contributed by atoms with van der Waals surface area (Å²) >= 11 is 0. The molecule has 0 radical (unpaired) electrons. The molecule has 0 aliphatic heterocycles. The maximum atomic E-state index is 12.7. The number of nitrogens with zero attached hydrogens (tertiary/aromatic N) is 1. The Balaban J connectivity index is 2.15. The smallest absolute Gasteiger partial charge is 0.230 e. The molecule has 0 heterocycles. The Morgan fingerprint density at radius 1 is 0.792 bits per heavy atom. The van der Waals surface area contributed by atoms with Gasteiger partial charge in [0.25, 0.3) is 0 Å². The molecular weight excluding hydrogens is 298 g/mol. The Labute approximate surface area is 144 Å². The number of carbonyl (C=O) groups is 2. The highest BCUT2D eigenvalue weighted by molar-refractivity contribution is 6.00. The van der Waals surface area contributed by atoms with Crippen LogP contribution in [-0.2, 0) is 22.7 Å². The molecule has 126 valence electrons. The van der Waals surface area contributed by atoms with Gasteiger partial charge in [0.1, 0.15) is 5.78 Å². The molecule has 0 aliphatic rings. The van der Waals surface area contributed by atoms with Crippen LogP contribution in [0.25, 0.3) is 0 Å². The first kappa shape index (κ1) is 17.9. The lowest BCUT2D eigenvalue weighted by Gasteiger charge is -2.25. The van der Waals surface area contributed by atoms with Crippen LogP contribution >= 0.6 is 0 Å². The van der Waals surface area contributed by atoms with Crippen LogP contribution in [0, 0.1) is 5.41 Å². The summed E-state index contributed by atoms with van der Waals surface area (Å²) in [7, 11) is 0. The van der Waals surface area contributed by atoms with Gasteiger partial charge in [0.2, 0.25) is 5.91 Å². The van der Waals surface area contributed by atoms with Gasteiger partial charge in [0.05, 0.1) is 6.42 Å². The highest BCUT2D eigenvalue weighted by Gasteiger charge is 2.26. The summed E-state index contributed by atoms with van der Waals surface area (Å²) in [5.74, 6) is -0.152. The van der Waals surface area contributed by atoms with Gasteiger partial charge in [-0.3, -0.25) is 9.59 Å². The van der Waals surface area contributed by atoms with E-state index in [4.69, 9.17) is 0 Å². The zero-order chi connectivity index (χ0) is 17.6. The lowest BCUT2D eigenvalue weighted by molar-refractivity contribution is -0.139. The van der Waals surface area contributed by atoms with E-state index >= 15 is 0 Å². The van der Waals surface area contributed by atoms with Gasteiger partial charge in [-0.05, 0) is 11.1 Å². The Kier molecular flexibility index (Phi) is 5.91. The third-order valence-electron chi connectivity index (χ3n) is 3.93. The monoisotopic (exact) mass is 323 g/mol. The SMILES string of the molecule is CC(C)(C)C(=O)CC(=O)N(Cc1ccccc1)Cc1ccccc1. The van der Waals surface area contributed by atoms with E-state index in [1.165, 1.54) is 0 Å². The largest absolute Gasteiger partial charge is 0.334 e. The fourth-order valence-electron chi connectivity index (χ4n) is 2.35. The normalized spacial score (nSPS) is 11.1. The zero-order valence-electron chi connectivity index (χ0n) is 14.7. The van der Waals surface area contributed by atoms with E-state index in [2.05, 4.69) is 0 Å². The number of amides is 1. The lowest BCUT2D eigenvalue weighted by atomic mass is 9.88. The summed E-state index contributed by atoms with van der Waals surface area (Å²) in [6, 6.07) is 19.7. The first-order valence-corrected chi connectivity index (χ1v) is 8.25. The molecule has 2 aromatic carbocycles. The van der Waals surface area contributed by atoms with E-state index in [9.17, 15) is 9.59 Å². The molecule has 1 amide bonds. The number of rotatable bonds is 6. The highest BCUT2D eigenvalue weighted by Crippen LogP contribution is 2.19. The minimum atomic E-state index is -0.499. The molecule has 0 spiro atoms. The van der Waals surface area contributed by atoms with Crippen molar-refractivity contribution < 1.29 is 9.59 Å². The summed E-state index contributed by atoms with van der Waals surface area (Å²) in [5.41, 5.74) is 1.62. The number of benzene rings is 2. The van der Waals surface area contributed by atoms with Crippen molar-refractivity contribution in [3.05, 3.63) is 71.8 Å². The van der Waals surface area contributed by atoms with Crippen LogP contribution in [0.1, 0.15) is 38.3 Å². The minimum absolute atomic E-state index is 0.0291. The third-order valence-corrected chi connectivity index (χ3v) is 3.93. The molecule has 0 bridgehead atoms. The van der Waals surface area contributed by atoms with E-state index in [0.717, 1.165) is 11.1 Å². The highest BCUT2D eigenvalue weighted by atomic mass is 16.2. The van der Waals surface area contributed by atoms with Gasteiger partial charge in [-0.25, -0.2) is 0 Å². The summed E-state index contributed by atoms with van der Waals surface area (Å²) in [6.07, 6.45) is -0.0524. The molecule has 2 aromatic rings. The van der Waals surface area contributed by atoms with E-state index in [-0.39, 0.29) is 18.1 Å². The van der Waals surface area contributed by atoms with E-state index in [1.807, 2.05) is 81.4 Å². The van der Waals surface area contributed by atoms with Crippen molar-refractivity contribution in [1.82, 2.24) is 4.90 Å². The maximum Gasteiger partial charge on any atom is 0.230 e. The molecular formula is C21H25NO2. The Hall–Kier alpha value is -2.42. The van der Waals surface area contributed by atoms with Gasteiger partial charge in [-0.2, -0.15) is 0 Å². The molecule has 0 atom stereocenters. The van der Waals surface area contributed by atoms with Crippen LogP contribution in [-0.4, -0.2) is 16.6 Å². The summed E-state index contributed by atoms with van der Waals surface area (Å²) < 4.78 is 0. The van der Waals surface area contributed by atoms with Crippen molar-refractivity contribution in [1.29, 1.82) is 0 Å². The molecule has 0 aromatic heterocycles. The number of Topliss-reactive ketones (excluding diaryl/α,β-unsaturated/α-hetero) is 1. The lowest BCUT2D eigenvalue weighted by Crippen LogP contribution is -2.34. The molecule has 0 N–H and O–H groups in total. The van der Waals surface area contributed by atoms with Gasteiger partial charge < -0.3 is 4.90 Å². The first-order valence-electron chi connectivity index (χ1n) is 8.25. The van der Waals surface area contributed by atoms with Crippen molar-refractivity contribution in [2.75, 3.05) is 0 Å². The topological polar surface area (TPSA) is 37.4 Å². The minimum Gasteiger partial charge on any atom is -0.334 e. The second kappa shape index (κ2) is 7.91. The fourth-order valence-corrected chi connectivity index (χ4v) is 2.35. The van der Waals surface area contributed by atoms with Gasteiger partial charge in [0, 0.05) is 18.5 Å². The molecule has 2 rings (SSSR count). The van der Waals surface area contributed by atoms with Gasteiger partial charge in [-0.15, -0.1) is 0 Å². The molecule has 24 heavy (non-hydrogen) atoms. The number of hydrogen-bond donors (Lipinski definition) is 0. The summed E-state index contributed by atoms with van der Waals surface area (Å²) in [6.45, 7) is 6.56. The Bertz CT molecular complexity index is 630. The fraction of sp³-hybridized carbons (Fsp3) is 0.333. The first-order chi connectivity index (χ1) is 11.4. The van der Waals surface area contributed by atoms with Gasteiger partial charge in [-0.1, -0.05) is 81.4 Å². The van der Waals surface area contributed by atoms with Crippen LogP contribution < -0.4 is 0 Å². The van der Waals surface area contributed by atoms with Crippen molar-refractivity contribution in [2.24, 2.45) is 5.41 Å². The van der Waals surface area contributed by atoms with Crippen molar-refractivity contribution >= 4 is 11.7 Å². The molecule has 0 unspecified atom stereocenters. The van der Waals surface area contributed by atoms with E-state index in [0.29, 0.717) is 13.1 Å². The van der Waals surface area contributed by atoms with Gasteiger partial charge >= 0.3 is 0 Å². The second-order valence-electron chi connectivity index (χ2n) is 7.07. The summed E-state index contributed by atoms with van der Waals surface area (Å²) in [5, 5.41) is 0. The predicted octanol–water partition coefficient (Wildman–Crippen LogP) is 4.22. The van der Waals surface area contributed by atoms with Crippen LogP contribution in [0.4, 0.5) is 0 Å². The molecule has 0 saturated heterocycles. The number of ketones is 1. The third kappa shape index (κ3) is 5.34. The molecule has 0 saturated carbocycles. The Morgan fingerprint density at radius 3 is 1.58 bits per heavy atom. The number of hydrogen-bond acceptors (Lipinski definition) is 2. The van der Waals surface area contributed by atoms with Crippen LogP contribution in [0.15, 0.2) is 60.7 Å². The van der Waals surface area contributed by atoms with Crippen molar-refractivity contribution in [3.63, 3.8) is 0 Å². The van der Waals surface area contributed by atoms with Crippen LogP contribution in [0.5, 0.6) is 0 Å². The number of carbonyl (C=O) groups excluding carboxylic acids is 2. The second-order valence-corrected chi connectivity index (χ2v) is 7.07. The average molecular weight is 323 g/mol. The summed E-state index contributed by atoms with van der Waals surface area (Å²) in [4.78, 5) is 26.7. The van der Waals surface area contributed by atoms with Crippen LogP contribution in [0.3, 0.4) is 0 Å². The predicted molar refractivity (Wildman–Crippen MR) is 96.2 cm³/mol. The zero-order valence-corrected chi connectivity index (χ0v) is 14.7.